The van der Waals surface area contributed by atoms with Crippen LogP contribution in [0, 0.1) is 0 Å². The second-order valence-electron chi connectivity index (χ2n) is 5.58. The average Bonchev–Trinajstić information content (AvgIpc) is 2.49. The standard InChI is InChI=1S/C17H25NO3/c1-4-20-16-8-6-5-7-15(16)9-10-17(19)18-11-14(3)21-12-13(18)2/h5-8,13-14H,4,9-12H2,1-3H3. The highest BCUT2D eigenvalue weighted by Gasteiger charge is 2.27. The lowest BCUT2D eigenvalue weighted by atomic mass is 10.1. The first-order chi connectivity index (χ1) is 10.1. The summed E-state index contributed by atoms with van der Waals surface area (Å²) in [6.45, 7) is 7.98. The first kappa shape index (κ1) is 15.8. The number of ether oxygens (including phenoxy) is 2. The van der Waals surface area contributed by atoms with E-state index in [4.69, 9.17) is 9.47 Å². The van der Waals surface area contributed by atoms with Gasteiger partial charge in [0.2, 0.25) is 5.91 Å². The van der Waals surface area contributed by atoms with Crippen molar-refractivity contribution in [2.45, 2.75) is 45.8 Å². The highest BCUT2D eigenvalue weighted by Crippen LogP contribution is 2.21. The van der Waals surface area contributed by atoms with Crippen LogP contribution in [0.25, 0.3) is 0 Å². The zero-order chi connectivity index (χ0) is 15.2. The van der Waals surface area contributed by atoms with Crippen molar-refractivity contribution in [2.75, 3.05) is 19.8 Å². The Morgan fingerprint density at radius 1 is 1.38 bits per heavy atom. The second-order valence-corrected chi connectivity index (χ2v) is 5.58. The highest BCUT2D eigenvalue weighted by molar-refractivity contribution is 5.77. The Morgan fingerprint density at radius 3 is 2.90 bits per heavy atom. The van der Waals surface area contributed by atoms with Crippen LogP contribution in [0.3, 0.4) is 0 Å². The van der Waals surface area contributed by atoms with Gasteiger partial charge < -0.3 is 14.4 Å². The molecule has 4 nitrogen and oxygen atoms in total. The van der Waals surface area contributed by atoms with Gasteiger partial charge in [-0.15, -0.1) is 0 Å². The van der Waals surface area contributed by atoms with Crippen LogP contribution in [-0.2, 0) is 16.0 Å². The molecule has 0 bridgehead atoms. The molecule has 2 atom stereocenters. The third-order valence-electron chi connectivity index (χ3n) is 3.81. The number of carbonyl (C=O) groups is 1. The molecule has 116 valence electrons. The second kappa shape index (κ2) is 7.46. The van der Waals surface area contributed by atoms with Gasteiger partial charge >= 0.3 is 0 Å². The van der Waals surface area contributed by atoms with Crippen molar-refractivity contribution >= 4 is 5.91 Å². The van der Waals surface area contributed by atoms with E-state index >= 15 is 0 Å². The van der Waals surface area contributed by atoms with E-state index in [2.05, 4.69) is 0 Å². The molecular weight excluding hydrogens is 266 g/mol. The van der Waals surface area contributed by atoms with E-state index in [-0.39, 0.29) is 18.1 Å². The molecule has 1 aromatic carbocycles. The van der Waals surface area contributed by atoms with Gasteiger partial charge in [-0.3, -0.25) is 4.79 Å². The summed E-state index contributed by atoms with van der Waals surface area (Å²) in [7, 11) is 0. The van der Waals surface area contributed by atoms with E-state index < -0.39 is 0 Å². The van der Waals surface area contributed by atoms with Gasteiger partial charge in [0.25, 0.3) is 0 Å². The predicted octanol–water partition coefficient (Wildman–Crippen LogP) is 2.65. The summed E-state index contributed by atoms with van der Waals surface area (Å²) >= 11 is 0. The first-order valence-corrected chi connectivity index (χ1v) is 7.73. The number of hydrogen-bond acceptors (Lipinski definition) is 3. The minimum Gasteiger partial charge on any atom is -0.494 e. The molecule has 1 aliphatic rings. The lowest BCUT2D eigenvalue weighted by Crippen LogP contribution is -2.50. The molecular formula is C17H25NO3. The van der Waals surface area contributed by atoms with Crippen LogP contribution in [0.2, 0.25) is 0 Å². The molecule has 1 heterocycles. The Hall–Kier alpha value is -1.55. The Kier molecular flexibility index (Phi) is 5.62. The topological polar surface area (TPSA) is 38.8 Å². The largest absolute Gasteiger partial charge is 0.494 e. The summed E-state index contributed by atoms with van der Waals surface area (Å²) in [4.78, 5) is 14.4. The smallest absolute Gasteiger partial charge is 0.223 e. The van der Waals surface area contributed by atoms with Crippen molar-refractivity contribution in [3.63, 3.8) is 0 Å². The maximum Gasteiger partial charge on any atom is 0.223 e. The Balaban J connectivity index is 1.94. The lowest BCUT2D eigenvalue weighted by molar-refractivity contribution is -0.143. The minimum atomic E-state index is 0.126. The molecule has 4 heteroatoms. The Bertz CT molecular complexity index is 475. The van der Waals surface area contributed by atoms with E-state index in [1.165, 1.54) is 0 Å². The van der Waals surface area contributed by atoms with Crippen LogP contribution in [0.5, 0.6) is 5.75 Å². The van der Waals surface area contributed by atoms with Crippen LogP contribution in [0.15, 0.2) is 24.3 Å². The van der Waals surface area contributed by atoms with Crippen molar-refractivity contribution in [3.8, 4) is 5.75 Å². The summed E-state index contributed by atoms with van der Waals surface area (Å²) in [5.74, 6) is 1.08. The zero-order valence-corrected chi connectivity index (χ0v) is 13.2. The maximum absolute atomic E-state index is 12.4. The fraction of sp³-hybridized carbons (Fsp3) is 0.588. The van der Waals surface area contributed by atoms with Crippen LogP contribution in [0.1, 0.15) is 32.8 Å². The minimum absolute atomic E-state index is 0.126. The quantitative estimate of drug-likeness (QED) is 0.837. The number of carbonyl (C=O) groups excluding carboxylic acids is 1. The van der Waals surface area contributed by atoms with Gasteiger partial charge in [0.1, 0.15) is 5.75 Å². The van der Waals surface area contributed by atoms with E-state index in [1.807, 2.05) is 49.9 Å². The van der Waals surface area contributed by atoms with E-state index in [0.29, 0.717) is 32.6 Å². The molecule has 1 fully saturated rings. The Morgan fingerprint density at radius 2 is 2.14 bits per heavy atom. The number of benzene rings is 1. The molecule has 0 N–H and O–H groups in total. The number of para-hydroxylation sites is 1. The van der Waals surface area contributed by atoms with E-state index in [1.54, 1.807) is 0 Å². The predicted molar refractivity (Wildman–Crippen MR) is 82.5 cm³/mol. The average molecular weight is 291 g/mol. The van der Waals surface area contributed by atoms with Crippen LogP contribution in [-0.4, -0.2) is 42.7 Å². The van der Waals surface area contributed by atoms with Crippen LogP contribution < -0.4 is 4.74 Å². The van der Waals surface area contributed by atoms with E-state index in [9.17, 15) is 4.79 Å². The third kappa shape index (κ3) is 4.21. The molecule has 0 aromatic heterocycles. The van der Waals surface area contributed by atoms with Crippen molar-refractivity contribution < 1.29 is 14.3 Å². The molecule has 0 spiro atoms. The summed E-state index contributed by atoms with van der Waals surface area (Å²) in [5, 5.41) is 0. The van der Waals surface area contributed by atoms with Gasteiger partial charge in [0.05, 0.1) is 25.4 Å². The third-order valence-corrected chi connectivity index (χ3v) is 3.81. The maximum atomic E-state index is 12.4. The zero-order valence-electron chi connectivity index (χ0n) is 13.2. The van der Waals surface area contributed by atoms with Gasteiger partial charge in [-0.1, -0.05) is 18.2 Å². The molecule has 1 saturated heterocycles. The number of morpholine rings is 1. The van der Waals surface area contributed by atoms with Gasteiger partial charge in [-0.25, -0.2) is 0 Å². The van der Waals surface area contributed by atoms with Crippen molar-refractivity contribution in [1.82, 2.24) is 4.90 Å². The van der Waals surface area contributed by atoms with Crippen molar-refractivity contribution in [1.29, 1.82) is 0 Å². The normalized spacial score (nSPS) is 22.1. The monoisotopic (exact) mass is 291 g/mol. The molecule has 1 aliphatic heterocycles. The summed E-state index contributed by atoms with van der Waals surface area (Å²) < 4.78 is 11.2. The molecule has 1 aromatic rings. The van der Waals surface area contributed by atoms with Gasteiger partial charge in [-0.2, -0.15) is 0 Å². The molecule has 0 saturated carbocycles. The van der Waals surface area contributed by atoms with Crippen LogP contribution >= 0.6 is 0 Å². The Labute approximate surface area is 127 Å². The molecule has 21 heavy (non-hydrogen) atoms. The van der Waals surface area contributed by atoms with Crippen molar-refractivity contribution in [2.24, 2.45) is 0 Å². The fourth-order valence-electron chi connectivity index (χ4n) is 2.64. The van der Waals surface area contributed by atoms with Gasteiger partial charge in [-0.05, 0) is 38.8 Å². The lowest BCUT2D eigenvalue weighted by Gasteiger charge is -2.37. The molecule has 0 radical (unpaired) electrons. The first-order valence-electron chi connectivity index (χ1n) is 7.73. The summed E-state index contributed by atoms with van der Waals surface area (Å²) in [6.07, 6.45) is 1.36. The number of aryl methyl sites for hydroxylation is 1. The van der Waals surface area contributed by atoms with Gasteiger partial charge in [0.15, 0.2) is 0 Å². The van der Waals surface area contributed by atoms with E-state index in [0.717, 1.165) is 11.3 Å². The molecule has 2 unspecified atom stereocenters. The molecule has 2 rings (SSSR count). The number of rotatable bonds is 5. The fourth-order valence-corrected chi connectivity index (χ4v) is 2.64. The van der Waals surface area contributed by atoms with Crippen LogP contribution in [0.4, 0.5) is 0 Å². The highest BCUT2D eigenvalue weighted by atomic mass is 16.5. The van der Waals surface area contributed by atoms with Gasteiger partial charge in [0, 0.05) is 13.0 Å². The molecule has 1 amide bonds. The number of nitrogens with zero attached hydrogens (tertiary/aromatic N) is 1. The number of hydrogen-bond donors (Lipinski definition) is 0. The number of amides is 1. The van der Waals surface area contributed by atoms with Crippen molar-refractivity contribution in [3.05, 3.63) is 29.8 Å². The molecule has 0 aliphatic carbocycles. The SMILES string of the molecule is CCOc1ccccc1CCC(=O)N1CC(C)OCC1C. The summed E-state index contributed by atoms with van der Waals surface area (Å²) in [6, 6.07) is 8.10. The summed E-state index contributed by atoms with van der Waals surface area (Å²) in [5.41, 5.74) is 1.10.